The first kappa shape index (κ1) is 17.3. The zero-order valence-electron chi connectivity index (χ0n) is 13.5. The summed E-state index contributed by atoms with van der Waals surface area (Å²) in [4.78, 5) is 22.7. The van der Waals surface area contributed by atoms with E-state index in [4.69, 9.17) is 15.2 Å². The van der Waals surface area contributed by atoms with Gasteiger partial charge in [0.2, 0.25) is 0 Å². The first-order valence-corrected chi connectivity index (χ1v) is 7.59. The largest absolute Gasteiger partial charge is 0.484 e. The molecule has 0 saturated carbocycles. The average Bonchev–Trinajstić information content (AvgIpc) is 2.59. The Morgan fingerprint density at radius 3 is 2.38 bits per heavy atom. The highest BCUT2D eigenvalue weighted by Crippen LogP contribution is 2.18. The highest BCUT2D eigenvalue weighted by molar-refractivity contribution is 5.92. The molecule has 0 aliphatic carbocycles. The molecule has 2 aromatic carbocycles. The lowest BCUT2D eigenvalue weighted by Crippen LogP contribution is -2.21. The van der Waals surface area contributed by atoms with Gasteiger partial charge in [-0.05, 0) is 36.2 Å². The molecule has 0 aliphatic heterocycles. The number of hydrogen-bond acceptors (Lipinski definition) is 4. The van der Waals surface area contributed by atoms with Gasteiger partial charge in [-0.15, -0.1) is 0 Å². The fourth-order valence-electron chi connectivity index (χ4n) is 2.02. The Bertz CT molecular complexity index is 716. The highest BCUT2D eigenvalue weighted by atomic mass is 16.5. The summed E-state index contributed by atoms with van der Waals surface area (Å²) >= 11 is 0. The third-order valence-corrected chi connectivity index (χ3v) is 3.18. The van der Waals surface area contributed by atoms with Gasteiger partial charge in [0.15, 0.2) is 13.2 Å². The van der Waals surface area contributed by atoms with Crippen LogP contribution in [0, 0.1) is 0 Å². The Morgan fingerprint density at radius 2 is 1.67 bits per heavy atom. The van der Waals surface area contributed by atoms with E-state index in [1.165, 1.54) is 0 Å². The number of amides is 2. The molecule has 6 nitrogen and oxygen atoms in total. The van der Waals surface area contributed by atoms with Crippen LogP contribution in [0.25, 0.3) is 0 Å². The molecule has 0 aliphatic rings. The first-order valence-electron chi connectivity index (χ1n) is 7.59. The van der Waals surface area contributed by atoms with Crippen molar-refractivity contribution in [2.24, 2.45) is 5.73 Å². The van der Waals surface area contributed by atoms with Crippen molar-refractivity contribution in [2.75, 3.05) is 18.5 Å². The smallest absolute Gasteiger partial charge is 0.262 e. The van der Waals surface area contributed by atoms with Crippen LogP contribution in [0.5, 0.6) is 11.5 Å². The van der Waals surface area contributed by atoms with Crippen LogP contribution >= 0.6 is 0 Å². The lowest BCUT2D eigenvalue weighted by molar-refractivity contribution is -0.120. The van der Waals surface area contributed by atoms with Gasteiger partial charge in [0, 0.05) is 11.8 Å². The number of rotatable bonds is 8. The topological polar surface area (TPSA) is 90.7 Å². The molecule has 2 aromatic rings. The molecule has 2 amide bonds. The van der Waals surface area contributed by atoms with Gasteiger partial charge in [0.05, 0.1) is 0 Å². The summed E-state index contributed by atoms with van der Waals surface area (Å²) in [5, 5.41) is 2.71. The maximum absolute atomic E-state index is 12.0. The monoisotopic (exact) mass is 328 g/mol. The van der Waals surface area contributed by atoms with Crippen LogP contribution in [0.1, 0.15) is 12.5 Å². The van der Waals surface area contributed by atoms with Crippen molar-refractivity contribution >= 4 is 17.5 Å². The van der Waals surface area contributed by atoms with Gasteiger partial charge < -0.3 is 20.5 Å². The Balaban J connectivity index is 1.87. The lowest BCUT2D eigenvalue weighted by Gasteiger charge is -2.10. The zero-order valence-corrected chi connectivity index (χ0v) is 13.5. The van der Waals surface area contributed by atoms with Crippen molar-refractivity contribution in [1.82, 2.24) is 0 Å². The molecule has 0 spiro atoms. The quantitative estimate of drug-likeness (QED) is 0.776. The number of carbonyl (C=O) groups excluding carboxylic acids is 2. The van der Waals surface area contributed by atoms with Gasteiger partial charge in [0.25, 0.3) is 11.8 Å². The number of nitrogens with two attached hydrogens (primary N) is 1. The van der Waals surface area contributed by atoms with Gasteiger partial charge >= 0.3 is 0 Å². The fourth-order valence-corrected chi connectivity index (χ4v) is 2.02. The molecule has 0 heterocycles. The van der Waals surface area contributed by atoms with E-state index < -0.39 is 5.91 Å². The number of benzene rings is 2. The molecular formula is C18H20N2O4. The lowest BCUT2D eigenvalue weighted by atomic mass is 10.2. The Hall–Kier alpha value is -3.02. The van der Waals surface area contributed by atoms with Crippen LogP contribution in [0.2, 0.25) is 0 Å². The third-order valence-electron chi connectivity index (χ3n) is 3.18. The summed E-state index contributed by atoms with van der Waals surface area (Å²) in [5.74, 6) is 0.252. The molecule has 3 N–H and O–H groups in total. The number of nitrogens with one attached hydrogen (secondary N) is 1. The van der Waals surface area contributed by atoms with Gasteiger partial charge in [-0.1, -0.05) is 25.1 Å². The van der Waals surface area contributed by atoms with Crippen LogP contribution in [0.3, 0.4) is 0 Å². The van der Waals surface area contributed by atoms with Gasteiger partial charge in [-0.3, -0.25) is 9.59 Å². The predicted molar refractivity (Wildman–Crippen MR) is 91.1 cm³/mol. The van der Waals surface area contributed by atoms with E-state index >= 15 is 0 Å². The van der Waals surface area contributed by atoms with E-state index in [0.29, 0.717) is 17.2 Å². The van der Waals surface area contributed by atoms with Gasteiger partial charge in [-0.25, -0.2) is 0 Å². The second-order valence-corrected chi connectivity index (χ2v) is 5.12. The van der Waals surface area contributed by atoms with E-state index in [0.717, 1.165) is 12.0 Å². The van der Waals surface area contributed by atoms with Gasteiger partial charge in [-0.2, -0.15) is 0 Å². The van der Waals surface area contributed by atoms with E-state index in [-0.39, 0.29) is 19.1 Å². The van der Waals surface area contributed by atoms with Crippen molar-refractivity contribution in [1.29, 1.82) is 0 Å². The first-order chi connectivity index (χ1) is 11.6. The summed E-state index contributed by atoms with van der Waals surface area (Å²) in [6.45, 7) is 1.74. The summed E-state index contributed by atoms with van der Waals surface area (Å²) in [6, 6.07) is 14.3. The molecule has 0 aromatic heterocycles. The number of carbonyl (C=O) groups is 2. The SMILES string of the molecule is CCc1cccc(OCC(=O)Nc2cccc(OCC(N)=O)c2)c1. The van der Waals surface area contributed by atoms with Crippen molar-refractivity contribution < 1.29 is 19.1 Å². The normalized spacial score (nSPS) is 10.0. The molecule has 0 atom stereocenters. The molecule has 0 bridgehead atoms. The molecule has 2 rings (SSSR count). The Labute approximate surface area is 140 Å². The highest BCUT2D eigenvalue weighted by Gasteiger charge is 2.06. The third kappa shape index (κ3) is 5.64. The second-order valence-electron chi connectivity index (χ2n) is 5.12. The van der Waals surface area contributed by atoms with Crippen molar-refractivity contribution in [3.05, 3.63) is 54.1 Å². The van der Waals surface area contributed by atoms with Crippen molar-refractivity contribution in [3.63, 3.8) is 0 Å². The number of primary amides is 1. The molecule has 126 valence electrons. The van der Waals surface area contributed by atoms with E-state index in [9.17, 15) is 9.59 Å². The number of hydrogen-bond donors (Lipinski definition) is 2. The second kappa shape index (κ2) is 8.57. The number of ether oxygens (including phenoxy) is 2. The van der Waals surface area contributed by atoms with Gasteiger partial charge in [0.1, 0.15) is 11.5 Å². The fraction of sp³-hybridized carbons (Fsp3) is 0.222. The molecule has 6 heteroatoms. The standard InChI is InChI=1S/C18H20N2O4/c1-2-13-5-3-7-15(9-13)24-12-18(22)20-14-6-4-8-16(10-14)23-11-17(19)21/h3-10H,2,11-12H2,1H3,(H2,19,21)(H,20,22). The van der Waals surface area contributed by atoms with Crippen LogP contribution < -0.4 is 20.5 Å². The Kier molecular flexibility index (Phi) is 6.19. The number of anilines is 1. The summed E-state index contributed by atoms with van der Waals surface area (Å²) in [7, 11) is 0. The molecule has 24 heavy (non-hydrogen) atoms. The minimum absolute atomic E-state index is 0.0977. The molecule has 0 unspecified atom stereocenters. The summed E-state index contributed by atoms with van der Waals surface area (Å²) in [5.41, 5.74) is 6.72. The van der Waals surface area contributed by atoms with E-state index in [2.05, 4.69) is 12.2 Å². The molecule has 0 saturated heterocycles. The van der Waals surface area contributed by atoms with Crippen molar-refractivity contribution in [3.8, 4) is 11.5 Å². The molecular weight excluding hydrogens is 308 g/mol. The molecule has 0 radical (unpaired) electrons. The number of aryl methyl sites for hydroxylation is 1. The van der Waals surface area contributed by atoms with Crippen LogP contribution in [-0.4, -0.2) is 25.0 Å². The maximum Gasteiger partial charge on any atom is 0.262 e. The predicted octanol–water partition coefficient (Wildman–Crippen LogP) is 2.13. The van der Waals surface area contributed by atoms with Crippen LogP contribution in [0.4, 0.5) is 5.69 Å². The average molecular weight is 328 g/mol. The molecule has 0 fully saturated rings. The zero-order chi connectivity index (χ0) is 17.4. The maximum atomic E-state index is 12.0. The van der Waals surface area contributed by atoms with E-state index in [1.54, 1.807) is 24.3 Å². The summed E-state index contributed by atoms with van der Waals surface area (Å²) < 4.78 is 10.7. The summed E-state index contributed by atoms with van der Waals surface area (Å²) in [6.07, 6.45) is 0.904. The van der Waals surface area contributed by atoms with Crippen LogP contribution in [0.15, 0.2) is 48.5 Å². The van der Waals surface area contributed by atoms with E-state index in [1.807, 2.05) is 24.3 Å². The Morgan fingerprint density at radius 1 is 1.00 bits per heavy atom. The van der Waals surface area contributed by atoms with Crippen molar-refractivity contribution in [2.45, 2.75) is 13.3 Å². The van der Waals surface area contributed by atoms with Crippen LogP contribution in [-0.2, 0) is 16.0 Å². The minimum Gasteiger partial charge on any atom is -0.484 e. The minimum atomic E-state index is -0.563.